The van der Waals surface area contributed by atoms with Gasteiger partial charge in [0.2, 0.25) is 11.8 Å². The van der Waals surface area contributed by atoms with Crippen LogP contribution >= 0.6 is 11.6 Å². The van der Waals surface area contributed by atoms with Crippen molar-refractivity contribution in [2.24, 2.45) is 11.8 Å². The fraction of sp³-hybridized carbons (Fsp3) is 0.391. The minimum atomic E-state index is -0.0160. The molecule has 0 heterocycles. The number of halogens is 1. The molecule has 148 valence electrons. The summed E-state index contributed by atoms with van der Waals surface area (Å²) in [5, 5.41) is 6.78. The van der Waals surface area contributed by atoms with Crippen LogP contribution in [0.25, 0.3) is 0 Å². The third kappa shape index (κ3) is 5.59. The van der Waals surface area contributed by atoms with Gasteiger partial charge in [-0.1, -0.05) is 41.9 Å². The zero-order chi connectivity index (χ0) is 19.9. The van der Waals surface area contributed by atoms with Gasteiger partial charge in [-0.05, 0) is 68.4 Å². The fourth-order valence-corrected chi connectivity index (χ4v) is 3.82. The second-order valence-corrected chi connectivity index (χ2v) is 7.96. The Kier molecular flexibility index (Phi) is 7.10. The number of nitrogens with one attached hydrogen (secondary N) is 2. The quantitative estimate of drug-likeness (QED) is 0.737. The van der Waals surface area contributed by atoms with Gasteiger partial charge in [-0.15, -0.1) is 0 Å². The van der Waals surface area contributed by atoms with Crippen molar-refractivity contribution in [2.75, 3.05) is 11.9 Å². The average Bonchev–Trinajstić information content (AvgIpc) is 2.71. The van der Waals surface area contributed by atoms with E-state index in [-0.39, 0.29) is 23.7 Å². The molecule has 0 aromatic heterocycles. The molecule has 0 radical (unpaired) electrons. The molecule has 2 amide bonds. The summed E-state index contributed by atoms with van der Waals surface area (Å²) in [6.07, 6.45) is 3.83. The Morgan fingerprint density at radius 2 is 1.54 bits per heavy atom. The van der Waals surface area contributed by atoms with Crippen LogP contribution in [0.4, 0.5) is 5.69 Å². The highest BCUT2D eigenvalue weighted by atomic mass is 35.5. The topological polar surface area (TPSA) is 58.2 Å². The van der Waals surface area contributed by atoms with Crippen molar-refractivity contribution in [3.05, 3.63) is 64.7 Å². The van der Waals surface area contributed by atoms with Crippen LogP contribution in [0.3, 0.4) is 0 Å². The van der Waals surface area contributed by atoms with Crippen LogP contribution < -0.4 is 10.6 Å². The maximum atomic E-state index is 12.5. The molecule has 0 aliphatic heterocycles. The summed E-state index contributed by atoms with van der Waals surface area (Å²) < 4.78 is 0. The Morgan fingerprint density at radius 3 is 2.18 bits per heavy atom. The zero-order valence-electron chi connectivity index (χ0n) is 16.2. The standard InChI is InChI=1S/C23H27ClN2O2/c1-16-4-2-3-5-21(16)26-23(28)19-10-8-18(9-11-19)22(27)25-15-14-17-6-12-20(24)13-7-17/h2-7,12-13,18-19H,8-11,14-15H2,1H3,(H,25,27)(H,26,28). The Morgan fingerprint density at radius 1 is 0.929 bits per heavy atom. The van der Waals surface area contributed by atoms with Crippen LogP contribution in [-0.2, 0) is 16.0 Å². The molecule has 0 atom stereocenters. The molecule has 3 rings (SSSR count). The SMILES string of the molecule is Cc1ccccc1NC(=O)C1CCC(C(=O)NCCc2ccc(Cl)cc2)CC1. The number of benzene rings is 2. The van der Waals surface area contributed by atoms with Gasteiger partial charge in [0.05, 0.1) is 0 Å². The second kappa shape index (κ2) is 9.74. The smallest absolute Gasteiger partial charge is 0.227 e. The zero-order valence-corrected chi connectivity index (χ0v) is 17.0. The summed E-state index contributed by atoms with van der Waals surface area (Å²) in [6, 6.07) is 15.5. The molecule has 0 spiro atoms. The normalized spacial score (nSPS) is 19.1. The van der Waals surface area contributed by atoms with Crippen LogP contribution in [0.1, 0.15) is 36.8 Å². The number of aryl methyl sites for hydroxylation is 1. The van der Waals surface area contributed by atoms with Gasteiger partial charge in [0.1, 0.15) is 0 Å². The lowest BCUT2D eigenvalue weighted by Crippen LogP contribution is -2.36. The maximum Gasteiger partial charge on any atom is 0.227 e. The Bertz CT molecular complexity index is 812. The number of carbonyl (C=O) groups is 2. The summed E-state index contributed by atoms with van der Waals surface area (Å²) in [5.41, 5.74) is 3.08. The van der Waals surface area contributed by atoms with Gasteiger partial charge in [0.25, 0.3) is 0 Å². The van der Waals surface area contributed by atoms with Gasteiger partial charge in [-0.3, -0.25) is 9.59 Å². The van der Waals surface area contributed by atoms with Crippen molar-refractivity contribution >= 4 is 29.1 Å². The Hall–Kier alpha value is -2.33. The Balaban J connectivity index is 1.40. The number of rotatable bonds is 6. The number of para-hydroxylation sites is 1. The van der Waals surface area contributed by atoms with Crippen LogP contribution in [0.2, 0.25) is 5.02 Å². The summed E-state index contributed by atoms with van der Waals surface area (Å²) in [7, 11) is 0. The first kappa shape index (κ1) is 20.4. The minimum Gasteiger partial charge on any atom is -0.356 e. The van der Waals surface area contributed by atoms with Crippen molar-refractivity contribution in [3.63, 3.8) is 0 Å². The maximum absolute atomic E-state index is 12.5. The molecule has 2 aromatic rings. The number of anilines is 1. The van der Waals surface area contributed by atoms with E-state index in [1.54, 1.807) is 0 Å². The first-order valence-corrected chi connectivity index (χ1v) is 10.3. The van der Waals surface area contributed by atoms with E-state index in [1.807, 2.05) is 55.5 Å². The summed E-state index contributed by atoms with van der Waals surface area (Å²) in [4.78, 5) is 24.9. The number of hydrogen-bond acceptors (Lipinski definition) is 2. The molecule has 28 heavy (non-hydrogen) atoms. The molecule has 1 aliphatic rings. The van der Waals surface area contributed by atoms with E-state index in [2.05, 4.69) is 10.6 Å². The van der Waals surface area contributed by atoms with E-state index in [9.17, 15) is 9.59 Å². The van der Waals surface area contributed by atoms with E-state index in [1.165, 1.54) is 0 Å². The monoisotopic (exact) mass is 398 g/mol. The molecule has 1 fully saturated rings. The lowest BCUT2D eigenvalue weighted by atomic mass is 9.81. The number of hydrogen-bond donors (Lipinski definition) is 2. The van der Waals surface area contributed by atoms with Gasteiger partial charge in [-0.2, -0.15) is 0 Å². The molecular weight excluding hydrogens is 372 g/mol. The van der Waals surface area contributed by atoms with Gasteiger partial charge in [0.15, 0.2) is 0 Å². The van der Waals surface area contributed by atoms with Crippen LogP contribution in [-0.4, -0.2) is 18.4 Å². The van der Waals surface area contributed by atoms with E-state index < -0.39 is 0 Å². The van der Waals surface area contributed by atoms with E-state index >= 15 is 0 Å². The largest absolute Gasteiger partial charge is 0.356 e. The van der Waals surface area contributed by atoms with E-state index in [0.717, 1.165) is 53.9 Å². The molecule has 4 nitrogen and oxygen atoms in total. The summed E-state index contributed by atoms with van der Waals surface area (Å²) >= 11 is 5.89. The number of amides is 2. The molecule has 1 aliphatic carbocycles. The molecule has 2 aromatic carbocycles. The fourth-order valence-electron chi connectivity index (χ4n) is 3.69. The lowest BCUT2D eigenvalue weighted by molar-refractivity contribution is -0.128. The first-order chi connectivity index (χ1) is 13.5. The van der Waals surface area contributed by atoms with Crippen molar-refractivity contribution in [3.8, 4) is 0 Å². The molecule has 2 N–H and O–H groups in total. The van der Waals surface area contributed by atoms with Gasteiger partial charge in [-0.25, -0.2) is 0 Å². The second-order valence-electron chi connectivity index (χ2n) is 7.52. The average molecular weight is 399 g/mol. The third-order valence-corrected chi connectivity index (χ3v) is 5.75. The lowest BCUT2D eigenvalue weighted by Gasteiger charge is -2.27. The minimum absolute atomic E-state index is 0.00716. The molecule has 5 heteroatoms. The van der Waals surface area contributed by atoms with Gasteiger partial charge < -0.3 is 10.6 Å². The van der Waals surface area contributed by atoms with E-state index in [0.29, 0.717) is 6.54 Å². The third-order valence-electron chi connectivity index (χ3n) is 5.50. The predicted molar refractivity (Wildman–Crippen MR) is 113 cm³/mol. The van der Waals surface area contributed by atoms with Crippen molar-refractivity contribution < 1.29 is 9.59 Å². The molecule has 1 saturated carbocycles. The van der Waals surface area contributed by atoms with Gasteiger partial charge >= 0.3 is 0 Å². The van der Waals surface area contributed by atoms with Crippen LogP contribution in [0.15, 0.2) is 48.5 Å². The first-order valence-electron chi connectivity index (χ1n) is 9.91. The highest BCUT2D eigenvalue weighted by molar-refractivity contribution is 6.30. The molecule has 0 bridgehead atoms. The van der Waals surface area contributed by atoms with E-state index in [4.69, 9.17) is 11.6 Å². The molecular formula is C23H27ClN2O2. The molecule has 0 saturated heterocycles. The van der Waals surface area contributed by atoms with Crippen molar-refractivity contribution in [1.82, 2.24) is 5.32 Å². The Labute approximate surface area is 171 Å². The summed E-state index contributed by atoms with van der Waals surface area (Å²) in [5.74, 6) is 0.160. The van der Waals surface area contributed by atoms with Crippen LogP contribution in [0, 0.1) is 18.8 Å². The summed E-state index contributed by atoms with van der Waals surface area (Å²) in [6.45, 7) is 2.61. The predicted octanol–water partition coefficient (Wildman–Crippen LogP) is 4.75. The van der Waals surface area contributed by atoms with Crippen LogP contribution in [0.5, 0.6) is 0 Å². The van der Waals surface area contributed by atoms with Crippen molar-refractivity contribution in [1.29, 1.82) is 0 Å². The van der Waals surface area contributed by atoms with Gasteiger partial charge in [0, 0.05) is 29.1 Å². The molecule has 0 unspecified atom stereocenters. The highest BCUT2D eigenvalue weighted by Gasteiger charge is 2.29. The highest BCUT2D eigenvalue weighted by Crippen LogP contribution is 2.30. The number of carbonyl (C=O) groups excluding carboxylic acids is 2. The van der Waals surface area contributed by atoms with Crippen molar-refractivity contribution in [2.45, 2.75) is 39.0 Å².